The fourth-order valence-corrected chi connectivity index (χ4v) is 5.42. The van der Waals surface area contributed by atoms with E-state index in [-0.39, 0.29) is 5.75 Å². The summed E-state index contributed by atoms with van der Waals surface area (Å²) >= 11 is 12.7. The smallest absolute Gasteiger partial charge is 0.282 e. The molecule has 0 atom stereocenters. The number of hydrogen-bond donors (Lipinski definition) is 1. The van der Waals surface area contributed by atoms with Gasteiger partial charge in [0, 0.05) is 28.7 Å². The second-order valence-corrected chi connectivity index (χ2v) is 11.1. The summed E-state index contributed by atoms with van der Waals surface area (Å²) in [5.41, 5.74) is 3.91. The predicted molar refractivity (Wildman–Crippen MR) is 145 cm³/mol. The van der Waals surface area contributed by atoms with Gasteiger partial charge >= 0.3 is 0 Å². The lowest BCUT2D eigenvalue weighted by Gasteiger charge is -2.15. The summed E-state index contributed by atoms with van der Waals surface area (Å²) < 4.78 is 41.8. The lowest BCUT2D eigenvalue weighted by Crippen LogP contribution is -2.35. The third kappa shape index (κ3) is 5.57. The van der Waals surface area contributed by atoms with Crippen LogP contribution in [-0.4, -0.2) is 29.8 Å². The first kappa shape index (κ1) is 26.5. The maximum Gasteiger partial charge on any atom is 0.282 e. The molecule has 0 spiro atoms. The number of allylic oxidation sites excluding steroid dienone is 2. The summed E-state index contributed by atoms with van der Waals surface area (Å²) in [5, 5.41) is 1.33. The minimum absolute atomic E-state index is 0.258. The number of aromatic nitrogens is 2. The largest absolute Gasteiger partial charge is 0.439 e. The first-order valence-electron chi connectivity index (χ1n) is 11.9. The molecule has 10 heteroatoms. The number of halogens is 2. The maximum atomic E-state index is 11.1. The van der Waals surface area contributed by atoms with Crippen molar-refractivity contribution >= 4 is 56.1 Å². The van der Waals surface area contributed by atoms with Crippen molar-refractivity contribution < 1.29 is 22.3 Å². The summed E-state index contributed by atoms with van der Waals surface area (Å²) in [6, 6.07) is 9.66. The van der Waals surface area contributed by atoms with Crippen LogP contribution in [0.4, 0.5) is 5.69 Å². The van der Waals surface area contributed by atoms with Gasteiger partial charge in [-0.05, 0) is 75.6 Å². The van der Waals surface area contributed by atoms with E-state index in [0.717, 1.165) is 46.9 Å². The van der Waals surface area contributed by atoms with Gasteiger partial charge in [-0.2, -0.15) is 8.42 Å². The summed E-state index contributed by atoms with van der Waals surface area (Å²) in [6.07, 6.45) is 6.85. The zero-order valence-electron chi connectivity index (χ0n) is 20.5. The highest BCUT2D eigenvalue weighted by Crippen LogP contribution is 2.41. The van der Waals surface area contributed by atoms with Gasteiger partial charge in [-0.1, -0.05) is 23.2 Å². The van der Waals surface area contributed by atoms with Crippen LogP contribution in [0.5, 0.6) is 5.75 Å². The van der Waals surface area contributed by atoms with Gasteiger partial charge in [-0.15, -0.1) is 0 Å². The van der Waals surface area contributed by atoms with Crippen LogP contribution < -0.4 is 14.2 Å². The molecular formula is C26H30Cl2N3O4S+. The van der Waals surface area contributed by atoms with Crippen LogP contribution in [0.1, 0.15) is 38.1 Å². The Kier molecular flexibility index (Phi) is 7.99. The van der Waals surface area contributed by atoms with Crippen molar-refractivity contribution in [2.45, 2.75) is 46.7 Å². The van der Waals surface area contributed by atoms with E-state index in [0.29, 0.717) is 35.3 Å². The fraction of sp³-hybridized carbons (Fsp3) is 0.346. The van der Waals surface area contributed by atoms with Crippen molar-refractivity contribution in [3.8, 4) is 5.75 Å². The topological polar surface area (TPSA) is 75.7 Å². The molecule has 2 heterocycles. The van der Waals surface area contributed by atoms with Crippen molar-refractivity contribution in [2.75, 3.05) is 17.2 Å². The maximum absolute atomic E-state index is 11.1. The molecule has 4 rings (SSSR count). The van der Waals surface area contributed by atoms with Gasteiger partial charge < -0.3 is 9.64 Å². The molecule has 7 nitrogen and oxygen atoms in total. The lowest BCUT2D eigenvalue weighted by molar-refractivity contribution is -0.670. The number of fused-ring (bicyclic) bond motifs is 2. The molecule has 0 saturated heterocycles. The quantitative estimate of drug-likeness (QED) is 0.200. The molecule has 36 heavy (non-hydrogen) atoms. The number of anilines is 1. The first-order chi connectivity index (χ1) is 17.1. The van der Waals surface area contributed by atoms with Crippen LogP contribution >= 0.6 is 23.2 Å². The molecular weight excluding hydrogens is 521 g/mol. The first-order valence-corrected chi connectivity index (χ1v) is 14.3. The zero-order valence-corrected chi connectivity index (χ0v) is 22.9. The third-order valence-electron chi connectivity index (χ3n) is 6.23. The molecule has 192 valence electrons. The fourth-order valence-electron chi connectivity index (χ4n) is 4.53. The summed E-state index contributed by atoms with van der Waals surface area (Å²) in [6.45, 7) is 8.14. The molecule has 0 unspecified atom stereocenters. The highest BCUT2D eigenvalue weighted by molar-refractivity contribution is 7.85. The molecule has 3 aromatic rings. The predicted octanol–water partition coefficient (Wildman–Crippen LogP) is 6.01. The number of benzene rings is 2. The van der Waals surface area contributed by atoms with E-state index < -0.39 is 10.1 Å². The molecule has 2 aromatic carbocycles. The highest BCUT2D eigenvalue weighted by atomic mass is 35.5. The Morgan fingerprint density at radius 1 is 1.14 bits per heavy atom. The minimum Gasteiger partial charge on any atom is -0.439 e. The van der Waals surface area contributed by atoms with Gasteiger partial charge in [0.05, 0.1) is 24.5 Å². The van der Waals surface area contributed by atoms with E-state index in [1.54, 1.807) is 0 Å². The molecule has 0 radical (unpaired) electrons. The number of rotatable bonds is 9. The van der Waals surface area contributed by atoms with Crippen molar-refractivity contribution in [3.05, 3.63) is 69.8 Å². The van der Waals surface area contributed by atoms with Crippen molar-refractivity contribution in [3.63, 3.8) is 0 Å². The molecule has 1 aliphatic heterocycles. The molecule has 1 aliphatic rings. The standard InChI is InChI=1S/C26H29Cl2N3O4S/c1-4-29-21-12-11-19(27)16-22(21)31(13-6-7-14-36(32,33)34)25(29)9-8-10-26-30(5-2)23-17-20(28)18(3)15-24(23)35-26/h8-12,15-17H,4-7,13-14H2,1-3H3/p+1. The highest BCUT2D eigenvalue weighted by Gasteiger charge is 2.26. The van der Waals surface area contributed by atoms with Crippen molar-refractivity contribution in [1.29, 1.82) is 0 Å². The van der Waals surface area contributed by atoms with E-state index >= 15 is 0 Å². The molecule has 1 aromatic heterocycles. The normalized spacial score (nSPS) is 14.8. The van der Waals surface area contributed by atoms with E-state index in [1.807, 2.05) is 55.5 Å². The van der Waals surface area contributed by atoms with Crippen molar-refractivity contribution in [1.82, 2.24) is 4.57 Å². The second-order valence-electron chi connectivity index (χ2n) is 8.66. The van der Waals surface area contributed by atoms with Gasteiger partial charge in [0.15, 0.2) is 16.8 Å². The number of aryl methyl sites for hydroxylation is 3. The van der Waals surface area contributed by atoms with Crippen LogP contribution in [0.25, 0.3) is 17.1 Å². The SMILES string of the molecule is CCN1/C(=C\C=C\c2n(CCCCS(=O)(=O)O)c3cc(Cl)ccc3[n+]2CC)Oc2cc(C)c(Cl)cc21. The van der Waals surface area contributed by atoms with Gasteiger partial charge in [0.1, 0.15) is 0 Å². The Morgan fingerprint density at radius 3 is 2.61 bits per heavy atom. The van der Waals surface area contributed by atoms with E-state index in [4.69, 9.17) is 32.5 Å². The van der Waals surface area contributed by atoms with Crippen molar-refractivity contribution in [2.24, 2.45) is 0 Å². The lowest BCUT2D eigenvalue weighted by atomic mass is 10.2. The number of ether oxygens (including phenoxy) is 1. The van der Waals surface area contributed by atoms with Gasteiger partial charge in [-0.3, -0.25) is 4.55 Å². The van der Waals surface area contributed by atoms with Gasteiger partial charge in [0.2, 0.25) is 5.88 Å². The van der Waals surface area contributed by atoms with E-state index in [1.165, 1.54) is 0 Å². The summed E-state index contributed by atoms with van der Waals surface area (Å²) in [7, 11) is -3.98. The Balaban J connectivity index is 1.68. The summed E-state index contributed by atoms with van der Waals surface area (Å²) in [4.78, 5) is 2.07. The molecule has 0 bridgehead atoms. The van der Waals surface area contributed by atoms with Gasteiger partial charge in [0.25, 0.3) is 15.9 Å². The zero-order chi connectivity index (χ0) is 26.0. The molecule has 0 aliphatic carbocycles. The van der Waals surface area contributed by atoms with Crippen LogP contribution in [0.15, 0.2) is 48.4 Å². The van der Waals surface area contributed by atoms with E-state index in [9.17, 15) is 8.42 Å². The minimum atomic E-state index is -3.98. The van der Waals surface area contributed by atoms with Crippen LogP contribution in [0, 0.1) is 6.92 Å². The average Bonchev–Trinajstić information content (AvgIpc) is 3.29. The molecule has 0 saturated carbocycles. The Morgan fingerprint density at radius 2 is 1.92 bits per heavy atom. The second kappa shape index (κ2) is 10.8. The number of nitrogens with zero attached hydrogens (tertiary/aromatic N) is 3. The Hall–Kier alpha value is -2.52. The van der Waals surface area contributed by atoms with E-state index in [2.05, 4.69) is 27.9 Å². The average molecular weight is 552 g/mol. The molecule has 1 N–H and O–H groups in total. The van der Waals surface area contributed by atoms with Crippen LogP contribution in [-0.2, 0) is 23.2 Å². The number of hydrogen-bond acceptors (Lipinski definition) is 4. The van der Waals surface area contributed by atoms with Crippen LogP contribution in [0.3, 0.4) is 0 Å². The Bertz CT molecular complexity index is 1460. The van der Waals surface area contributed by atoms with Gasteiger partial charge in [-0.25, -0.2) is 9.13 Å². The number of unbranched alkanes of at least 4 members (excludes halogenated alkanes) is 1. The number of imidazole rings is 1. The Labute approximate surface area is 221 Å². The molecule has 0 fully saturated rings. The monoisotopic (exact) mass is 550 g/mol. The third-order valence-corrected chi connectivity index (χ3v) is 7.68. The molecule has 0 amide bonds. The van der Waals surface area contributed by atoms with Crippen LogP contribution in [0.2, 0.25) is 10.0 Å². The summed E-state index contributed by atoms with van der Waals surface area (Å²) in [5.74, 6) is 2.19.